The molecule has 0 saturated carbocycles. The van der Waals surface area contributed by atoms with Gasteiger partial charge in [0.2, 0.25) is 10.0 Å². The van der Waals surface area contributed by atoms with Crippen LogP contribution in [0.2, 0.25) is 5.02 Å². The van der Waals surface area contributed by atoms with Crippen molar-refractivity contribution in [3.05, 3.63) is 40.3 Å². The van der Waals surface area contributed by atoms with Gasteiger partial charge >= 0.3 is 5.97 Å². The lowest BCUT2D eigenvalue weighted by molar-refractivity contribution is -0.149. The second-order valence-electron chi connectivity index (χ2n) is 5.35. The van der Waals surface area contributed by atoms with E-state index in [9.17, 15) is 13.2 Å². The Hall–Kier alpha value is -1.37. The van der Waals surface area contributed by atoms with Crippen molar-refractivity contribution in [2.75, 3.05) is 19.7 Å². The van der Waals surface area contributed by atoms with Gasteiger partial charge in [-0.25, -0.2) is 8.42 Å². The third-order valence-electron chi connectivity index (χ3n) is 3.67. The van der Waals surface area contributed by atoms with E-state index in [2.05, 4.69) is 0 Å². The fraction of sp³-hybridized carbons (Fsp3) is 0.438. The summed E-state index contributed by atoms with van der Waals surface area (Å²) in [5, 5.41) is 1.77. The van der Waals surface area contributed by atoms with Crippen LogP contribution in [0.25, 0.3) is 6.08 Å². The first kappa shape index (κ1) is 18.0. The standard InChI is InChI=1S/C16H20ClNO4S/c1-2-22-16(19)14-4-3-10-18(12-14)23(20,21)11-9-13-5-7-15(17)8-6-13/h5-9,11,14H,2-4,10,12H2,1H3/b11-9-/t14-/m0/s1. The number of ether oxygens (including phenoxy) is 1. The van der Waals surface area contributed by atoms with Crippen LogP contribution in [0.4, 0.5) is 0 Å². The van der Waals surface area contributed by atoms with Gasteiger partial charge in [-0.2, -0.15) is 4.31 Å². The molecule has 0 spiro atoms. The van der Waals surface area contributed by atoms with E-state index in [4.69, 9.17) is 16.3 Å². The molecule has 1 saturated heterocycles. The molecule has 1 aliphatic heterocycles. The summed E-state index contributed by atoms with van der Waals surface area (Å²) in [6.07, 6.45) is 2.84. The van der Waals surface area contributed by atoms with Gasteiger partial charge in [0.1, 0.15) is 0 Å². The van der Waals surface area contributed by atoms with E-state index < -0.39 is 10.0 Å². The Morgan fingerprint density at radius 2 is 2.09 bits per heavy atom. The second kappa shape index (κ2) is 7.95. The molecule has 7 heteroatoms. The van der Waals surface area contributed by atoms with Gasteiger partial charge in [-0.1, -0.05) is 23.7 Å². The number of esters is 1. The van der Waals surface area contributed by atoms with Crippen molar-refractivity contribution in [3.63, 3.8) is 0 Å². The van der Waals surface area contributed by atoms with Gasteiger partial charge < -0.3 is 4.74 Å². The topological polar surface area (TPSA) is 63.7 Å². The van der Waals surface area contributed by atoms with Gasteiger partial charge in [-0.15, -0.1) is 0 Å². The first-order valence-corrected chi connectivity index (χ1v) is 9.41. The fourth-order valence-corrected chi connectivity index (χ4v) is 3.85. The molecule has 23 heavy (non-hydrogen) atoms. The van der Waals surface area contributed by atoms with Crippen LogP contribution in [0.15, 0.2) is 29.7 Å². The molecule has 0 amide bonds. The molecule has 2 rings (SSSR count). The summed E-state index contributed by atoms with van der Waals surface area (Å²) in [7, 11) is -3.56. The molecule has 5 nitrogen and oxygen atoms in total. The van der Waals surface area contributed by atoms with Crippen LogP contribution in [-0.2, 0) is 19.6 Å². The SMILES string of the molecule is CCOC(=O)[C@H]1CCCN(S(=O)(=O)/C=C\c2ccc(Cl)cc2)C1. The molecule has 0 radical (unpaired) electrons. The van der Waals surface area contributed by atoms with E-state index in [0.29, 0.717) is 31.0 Å². The summed E-state index contributed by atoms with van der Waals surface area (Å²) >= 11 is 5.80. The number of nitrogens with zero attached hydrogens (tertiary/aromatic N) is 1. The van der Waals surface area contributed by atoms with Gasteiger partial charge in [0.25, 0.3) is 0 Å². The molecule has 1 atom stereocenters. The zero-order valence-corrected chi connectivity index (χ0v) is 14.5. The zero-order chi connectivity index (χ0) is 16.9. The van der Waals surface area contributed by atoms with E-state index in [1.165, 1.54) is 15.8 Å². The third-order valence-corrected chi connectivity index (χ3v) is 5.45. The van der Waals surface area contributed by atoms with Crippen LogP contribution in [0.1, 0.15) is 25.3 Å². The predicted molar refractivity (Wildman–Crippen MR) is 90.3 cm³/mol. The van der Waals surface area contributed by atoms with E-state index >= 15 is 0 Å². The van der Waals surface area contributed by atoms with Gasteiger partial charge in [0, 0.05) is 23.5 Å². The number of piperidine rings is 1. The minimum atomic E-state index is -3.56. The highest BCUT2D eigenvalue weighted by molar-refractivity contribution is 7.92. The van der Waals surface area contributed by atoms with E-state index in [1.54, 1.807) is 31.2 Å². The van der Waals surface area contributed by atoms with Crippen LogP contribution >= 0.6 is 11.6 Å². The number of rotatable bonds is 5. The maximum absolute atomic E-state index is 12.4. The average molecular weight is 358 g/mol. The minimum absolute atomic E-state index is 0.173. The van der Waals surface area contributed by atoms with Crippen molar-refractivity contribution in [1.82, 2.24) is 4.31 Å². The predicted octanol–water partition coefficient (Wildman–Crippen LogP) is 2.92. The van der Waals surface area contributed by atoms with Crippen molar-refractivity contribution >= 4 is 33.7 Å². The van der Waals surface area contributed by atoms with Crippen molar-refractivity contribution in [2.45, 2.75) is 19.8 Å². The maximum Gasteiger partial charge on any atom is 0.310 e. The first-order valence-electron chi connectivity index (χ1n) is 7.53. The lowest BCUT2D eigenvalue weighted by Crippen LogP contribution is -2.41. The number of sulfonamides is 1. The molecule has 0 unspecified atom stereocenters. The van der Waals surface area contributed by atoms with Gasteiger partial charge in [-0.05, 0) is 43.5 Å². The summed E-state index contributed by atoms with van der Waals surface area (Å²) in [5.74, 6) is -0.712. The molecule has 1 aromatic rings. The first-order chi connectivity index (χ1) is 10.9. The Morgan fingerprint density at radius 1 is 1.39 bits per heavy atom. The minimum Gasteiger partial charge on any atom is -0.466 e. The molecule has 1 heterocycles. The van der Waals surface area contributed by atoms with E-state index in [1.807, 2.05) is 0 Å². The summed E-state index contributed by atoms with van der Waals surface area (Å²) < 4.78 is 31.2. The Kier molecular flexibility index (Phi) is 6.21. The molecule has 0 aromatic heterocycles. The summed E-state index contributed by atoms with van der Waals surface area (Å²) in [6.45, 7) is 2.64. The van der Waals surface area contributed by atoms with E-state index in [0.717, 1.165) is 5.56 Å². The lowest BCUT2D eigenvalue weighted by Gasteiger charge is -2.29. The highest BCUT2D eigenvalue weighted by Crippen LogP contribution is 2.21. The molecular weight excluding hydrogens is 338 g/mol. The fourth-order valence-electron chi connectivity index (χ4n) is 2.45. The zero-order valence-electron chi connectivity index (χ0n) is 12.9. The monoisotopic (exact) mass is 357 g/mol. The Bertz CT molecular complexity index is 670. The van der Waals surface area contributed by atoms with E-state index in [-0.39, 0.29) is 18.4 Å². The number of carbonyl (C=O) groups is 1. The lowest BCUT2D eigenvalue weighted by atomic mass is 10.0. The van der Waals surface area contributed by atoms with Crippen molar-refractivity contribution < 1.29 is 17.9 Å². The smallest absolute Gasteiger partial charge is 0.310 e. The summed E-state index contributed by atoms with van der Waals surface area (Å²) in [6, 6.07) is 6.88. The van der Waals surface area contributed by atoms with Crippen LogP contribution in [0.5, 0.6) is 0 Å². The van der Waals surface area contributed by atoms with Crippen LogP contribution in [0, 0.1) is 5.92 Å². The molecule has 1 fully saturated rings. The van der Waals surface area contributed by atoms with Crippen LogP contribution in [0.3, 0.4) is 0 Å². The van der Waals surface area contributed by atoms with Crippen LogP contribution in [-0.4, -0.2) is 38.4 Å². The summed E-state index contributed by atoms with van der Waals surface area (Å²) in [5.41, 5.74) is 0.747. The molecule has 1 aliphatic rings. The van der Waals surface area contributed by atoms with Crippen molar-refractivity contribution in [3.8, 4) is 0 Å². The second-order valence-corrected chi connectivity index (χ2v) is 7.60. The van der Waals surface area contributed by atoms with Gasteiger partial charge in [-0.3, -0.25) is 4.79 Å². The molecule has 126 valence electrons. The highest BCUT2D eigenvalue weighted by atomic mass is 35.5. The average Bonchev–Trinajstić information content (AvgIpc) is 2.55. The van der Waals surface area contributed by atoms with Crippen LogP contribution < -0.4 is 0 Å². The number of benzene rings is 1. The largest absolute Gasteiger partial charge is 0.466 e. The molecule has 1 aromatic carbocycles. The highest BCUT2D eigenvalue weighted by Gasteiger charge is 2.31. The number of hydrogen-bond acceptors (Lipinski definition) is 4. The molecular formula is C16H20ClNO4S. The Balaban J connectivity index is 2.06. The third kappa shape index (κ3) is 5.06. The number of halogens is 1. The molecule has 0 bridgehead atoms. The van der Waals surface area contributed by atoms with Crippen molar-refractivity contribution in [1.29, 1.82) is 0 Å². The number of carbonyl (C=O) groups excluding carboxylic acids is 1. The number of hydrogen-bond donors (Lipinski definition) is 0. The normalized spacial score (nSPS) is 19.8. The quantitative estimate of drug-likeness (QED) is 0.760. The summed E-state index contributed by atoms with van der Waals surface area (Å²) in [4.78, 5) is 11.8. The van der Waals surface area contributed by atoms with Gasteiger partial charge in [0.05, 0.1) is 12.5 Å². The Labute approximate surface area is 141 Å². The maximum atomic E-state index is 12.4. The molecule has 0 aliphatic carbocycles. The Morgan fingerprint density at radius 3 is 2.74 bits per heavy atom. The van der Waals surface area contributed by atoms with Gasteiger partial charge in [0.15, 0.2) is 0 Å². The molecule has 0 N–H and O–H groups in total. The van der Waals surface area contributed by atoms with Crippen molar-refractivity contribution in [2.24, 2.45) is 5.92 Å².